The van der Waals surface area contributed by atoms with E-state index in [2.05, 4.69) is 10.1 Å². The van der Waals surface area contributed by atoms with Gasteiger partial charge in [0.1, 0.15) is 12.9 Å². The summed E-state index contributed by atoms with van der Waals surface area (Å²) in [6.07, 6.45) is 1.45. The number of nitrogens with two attached hydrogens (primary N) is 1. The van der Waals surface area contributed by atoms with Gasteiger partial charge in [-0.05, 0) is 24.6 Å². The summed E-state index contributed by atoms with van der Waals surface area (Å²) in [5, 5.41) is 4.01. The number of rotatable bonds is 5. The van der Waals surface area contributed by atoms with Crippen molar-refractivity contribution in [2.45, 2.75) is 26.6 Å². The summed E-state index contributed by atoms with van der Waals surface area (Å²) < 4.78 is 20.7. The SMILES string of the molecule is CCn1ncnc1COc1ccc(CN)cc1F. The maximum Gasteiger partial charge on any atom is 0.165 e. The summed E-state index contributed by atoms with van der Waals surface area (Å²) in [6, 6.07) is 4.69. The highest BCUT2D eigenvalue weighted by molar-refractivity contribution is 5.29. The molecule has 0 aliphatic carbocycles. The van der Waals surface area contributed by atoms with Gasteiger partial charge in [-0.1, -0.05) is 6.07 Å². The van der Waals surface area contributed by atoms with Gasteiger partial charge in [0.05, 0.1) is 0 Å². The van der Waals surface area contributed by atoms with Crippen LogP contribution in [-0.4, -0.2) is 14.8 Å². The molecule has 1 aromatic heterocycles. The van der Waals surface area contributed by atoms with Gasteiger partial charge in [0.25, 0.3) is 0 Å². The van der Waals surface area contributed by atoms with E-state index >= 15 is 0 Å². The molecule has 1 aromatic carbocycles. The van der Waals surface area contributed by atoms with Crippen molar-refractivity contribution >= 4 is 0 Å². The van der Waals surface area contributed by atoms with Crippen molar-refractivity contribution in [1.82, 2.24) is 14.8 Å². The molecule has 0 aliphatic rings. The third kappa shape index (κ3) is 2.65. The zero-order valence-corrected chi connectivity index (χ0v) is 10.1. The minimum atomic E-state index is -0.416. The predicted molar refractivity (Wildman–Crippen MR) is 64.3 cm³/mol. The highest BCUT2D eigenvalue weighted by Gasteiger charge is 2.07. The third-order valence-corrected chi connectivity index (χ3v) is 2.58. The maximum atomic E-state index is 13.6. The Balaban J connectivity index is 2.06. The molecule has 0 amide bonds. The van der Waals surface area contributed by atoms with E-state index in [9.17, 15) is 4.39 Å². The third-order valence-electron chi connectivity index (χ3n) is 2.58. The van der Waals surface area contributed by atoms with Crippen LogP contribution in [0, 0.1) is 5.82 Å². The van der Waals surface area contributed by atoms with E-state index in [1.807, 2.05) is 6.92 Å². The lowest BCUT2D eigenvalue weighted by molar-refractivity contribution is 0.273. The summed E-state index contributed by atoms with van der Waals surface area (Å²) >= 11 is 0. The highest BCUT2D eigenvalue weighted by Crippen LogP contribution is 2.19. The Morgan fingerprint density at radius 3 is 2.94 bits per heavy atom. The van der Waals surface area contributed by atoms with Crippen LogP contribution in [0.4, 0.5) is 4.39 Å². The smallest absolute Gasteiger partial charge is 0.165 e. The molecule has 2 rings (SSSR count). The van der Waals surface area contributed by atoms with Gasteiger partial charge in [0.15, 0.2) is 17.4 Å². The largest absolute Gasteiger partial charge is 0.483 e. The van der Waals surface area contributed by atoms with Crippen molar-refractivity contribution in [2.75, 3.05) is 0 Å². The Morgan fingerprint density at radius 2 is 2.28 bits per heavy atom. The molecule has 0 fully saturated rings. The molecular weight excluding hydrogens is 235 g/mol. The van der Waals surface area contributed by atoms with Gasteiger partial charge in [-0.25, -0.2) is 14.1 Å². The second kappa shape index (κ2) is 5.59. The Morgan fingerprint density at radius 1 is 1.44 bits per heavy atom. The monoisotopic (exact) mass is 250 g/mol. The minimum Gasteiger partial charge on any atom is -0.483 e. The van der Waals surface area contributed by atoms with Crippen molar-refractivity contribution in [2.24, 2.45) is 5.73 Å². The Bertz CT molecular complexity index is 527. The molecule has 5 nitrogen and oxygen atoms in total. The topological polar surface area (TPSA) is 66.0 Å². The lowest BCUT2D eigenvalue weighted by Crippen LogP contribution is -2.08. The van der Waals surface area contributed by atoms with Crippen LogP contribution in [0.25, 0.3) is 0 Å². The predicted octanol–water partition coefficient (Wildman–Crippen LogP) is 1.47. The Labute approximate surface area is 104 Å². The normalized spacial score (nSPS) is 10.6. The van der Waals surface area contributed by atoms with Crippen LogP contribution in [0.3, 0.4) is 0 Å². The van der Waals surface area contributed by atoms with Crippen LogP contribution in [-0.2, 0) is 19.7 Å². The summed E-state index contributed by atoms with van der Waals surface area (Å²) in [7, 11) is 0. The molecule has 0 spiro atoms. The fourth-order valence-electron chi connectivity index (χ4n) is 1.59. The van der Waals surface area contributed by atoms with Crippen molar-refractivity contribution in [1.29, 1.82) is 0 Å². The zero-order valence-electron chi connectivity index (χ0n) is 10.1. The molecule has 0 aliphatic heterocycles. The molecule has 2 N–H and O–H groups in total. The molecule has 1 heterocycles. The molecule has 0 unspecified atom stereocenters. The first-order chi connectivity index (χ1) is 8.74. The Kier molecular flexibility index (Phi) is 3.88. The molecular formula is C12H15FN4O. The molecule has 0 saturated heterocycles. The fraction of sp³-hybridized carbons (Fsp3) is 0.333. The van der Waals surface area contributed by atoms with Crippen LogP contribution in [0.15, 0.2) is 24.5 Å². The lowest BCUT2D eigenvalue weighted by atomic mass is 10.2. The molecule has 0 bridgehead atoms. The zero-order chi connectivity index (χ0) is 13.0. The van der Waals surface area contributed by atoms with E-state index in [0.29, 0.717) is 18.9 Å². The van der Waals surface area contributed by atoms with E-state index in [-0.39, 0.29) is 12.4 Å². The number of aromatic nitrogens is 3. The average Bonchev–Trinajstić information content (AvgIpc) is 2.84. The fourth-order valence-corrected chi connectivity index (χ4v) is 1.59. The molecule has 0 saturated carbocycles. The number of benzene rings is 1. The standard InChI is InChI=1S/C12H15FN4O/c1-2-17-12(15-8-16-17)7-18-11-4-3-9(6-14)5-10(11)13/h3-5,8H,2,6-7,14H2,1H3. The first-order valence-electron chi connectivity index (χ1n) is 5.72. The van der Waals surface area contributed by atoms with Gasteiger partial charge in [-0.15, -0.1) is 0 Å². The summed E-state index contributed by atoms with van der Waals surface area (Å²) in [5.74, 6) is 0.443. The summed E-state index contributed by atoms with van der Waals surface area (Å²) in [6.45, 7) is 3.15. The van der Waals surface area contributed by atoms with Gasteiger partial charge in [0, 0.05) is 13.1 Å². The maximum absolute atomic E-state index is 13.6. The number of aryl methyl sites for hydroxylation is 1. The van der Waals surface area contributed by atoms with E-state index in [1.54, 1.807) is 16.8 Å². The van der Waals surface area contributed by atoms with Crippen molar-refractivity contribution < 1.29 is 9.13 Å². The second-order valence-corrected chi connectivity index (χ2v) is 3.75. The second-order valence-electron chi connectivity index (χ2n) is 3.75. The van der Waals surface area contributed by atoms with E-state index in [4.69, 9.17) is 10.5 Å². The first kappa shape index (κ1) is 12.5. The van der Waals surface area contributed by atoms with Gasteiger partial charge in [-0.2, -0.15) is 5.10 Å². The number of halogens is 1. The first-order valence-corrected chi connectivity index (χ1v) is 5.72. The van der Waals surface area contributed by atoms with Gasteiger partial charge in [-0.3, -0.25) is 0 Å². The molecule has 2 aromatic rings. The van der Waals surface area contributed by atoms with E-state index < -0.39 is 5.82 Å². The van der Waals surface area contributed by atoms with Crippen LogP contribution in [0.2, 0.25) is 0 Å². The van der Waals surface area contributed by atoms with E-state index in [0.717, 1.165) is 5.56 Å². The van der Waals surface area contributed by atoms with Crippen LogP contribution < -0.4 is 10.5 Å². The van der Waals surface area contributed by atoms with Gasteiger partial charge < -0.3 is 10.5 Å². The Hall–Kier alpha value is -1.95. The quantitative estimate of drug-likeness (QED) is 0.872. The highest BCUT2D eigenvalue weighted by atomic mass is 19.1. The minimum absolute atomic E-state index is 0.187. The van der Waals surface area contributed by atoms with Gasteiger partial charge >= 0.3 is 0 Å². The van der Waals surface area contributed by atoms with E-state index in [1.165, 1.54) is 12.4 Å². The average molecular weight is 250 g/mol. The molecule has 0 atom stereocenters. The van der Waals surface area contributed by atoms with Crippen molar-refractivity contribution in [3.8, 4) is 5.75 Å². The number of ether oxygens (including phenoxy) is 1. The molecule has 96 valence electrons. The number of hydrogen-bond acceptors (Lipinski definition) is 4. The number of hydrogen-bond donors (Lipinski definition) is 1. The van der Waals surface area contributed by atoms with Crippen molar-refractivity contribution in [3.63, 3.8) is 0 Å². The van der Waals surface area contributed by atoms with Crippen LogP contribution in [0.1, 0.15) is 18.3 Å². The number of nitrogens with zero attached hydrogens (tertiary/aromatic N) is 3. The van der Waals surface area contributed by atoms with Crippen molar-refractivity contribution in [3.05, 3.63) is 41.7 Å². The summed E-state index contributed by atoms with van der Waals surface area (Å²) in [5.41, 5.74) is 6.16. The van der Waals surface area contributed by atoms with Crippen LogP contribution >= 0.6 is 0 Å². The summed E-state index contributed by atoms with van der Waals surface area (Å²) in [4.78, 5) is 4.05. The lowest BCUT2D eigenvalue weighted by Gasteiger charge is -2.08. The van der Waals surface area contributed by atoms with Crippen LogP contribution in [0.5, 0.6) is 5.75 Å². The molecule has 18 heavy (non-hydrogen) atoms. The molecule has 6 heteroatoms. The van der Waals surface area contributed by atoms with Gasteiger partial charge in [0.2, 0.25) is 0 Å². The molecule has 0 radical (unpaired) electrons.